The van der Waals surface area contributed by atoms with Gasteiger partial charge in [-0.3, -0.25) is 4.79 Å². The molecule has 0 radical (unpaired) electrons. The van der Waals surface area contributed by atoms with Crippen molar-refractivity contribution in [2.75, 3.05) is 7.11 Å². The molecular weight excluding hydrogens is 186 g/mol. The smallest absolute Gasteiger partial charge is 0.305 e. The van der Waals surface area contributed by atoms with E-state index in [2.05, 4.69) is 4.74 Å². The van der Waals surface area contributed by atoms with Crippen molar-refractivity contribution in [1.82, 2.24) is 0 Å². The van der Waals surface area contributed by atoms with Crippen molar-refractivity contribution < 1.29 is 19.4 Å². The lowest BCUT2D eigenvalue weighted by Crippen LogP contribution is -2.42. The van der Waals surface area contributed by atoms with E-state index in [4.69, 9.17) is 5.73 Å². The molecule has 0 saturated carbocycles. The molecule has 0 saturated heterocycles. The maximum absolute atomic E-state index is 10.4. The Balaban J connectivity index is 0. The minimum atomic E-state index is -1.35. The molecule has 0 aliphatic rings. The van der Waals surface area contributed by atoms with E-state index in [0.29, 0.717) is 0 Å². The van der Waals surface area contributed by atoms with Gasteiger partial charge in [0, 0.05) is 12.5 Å². The number of halogens is 1. The first kappa shape index (κ1) is 13.8. The van der Waals surface area contributed by atoms with E-state index in [0.717, 1.165) is 0 Å². The Bertz CT molecular complexity index is 162. The van der Waals surface area contributed by atoms with Gasteiger partial charge in [0.25, 0.3) is 0 Å². The lowest BCUT2D eigenvalue weighted by molar-refractivity contribution is -0.307. The fraction of sp³-hybridized carbons (Fsp3) is 0.667. The lowest BCUT2D eigenvalue weighted by Gasteiger charge is -2.10. The van der Waals surface area contributed by atoms with Gasteiger partial charge in [-0.1, -0.05) is 0 Å². The Morgan fingerprint density at radius 2 is 2.08 bits per heavy atom. The van der Waals surface area contributed by atoms with E-state index in [9.17, 15) is 14.7 Å². The van der Waals surface area contributed by atoms with Crippen molar-refractivity contribution in [2.45, 2.75) is 18.9 Å². The van der Waals surface area contributed by atoms with Crippen LogP contribution in [0.4, 0.5) is 0 Å². The van der Waals surface area contributed by atoms with E-state index < -0.39 is 18.0 Å². The van der Waals surface area contributed by atoms with Crippen LogP contribution in [0.1, 0.15) is 12.8 Å². The van der Waals surface area contributed by atoms with Crippen LogP contribution in [0.2, 0.25) is 0 Å². The standard InChI is InChI=1S/C6H11NO4.ClH/c1-11-5(8)3-2-4(7)6(9)10;/h4H,2-3,7H2,1H3,(H,9,10);1H/p-1. The summed E-state index contributed by atoms with van der Waals surface area (Å²) in [5, 5.41) is 10.0. The van der Waals surface area contributed by atoms with Gasteiger partial charge in [-0.2, -0.15) is 0 Å². The summed E-state index contributed by atoms with van der Waals surface area (Å²) in [6.07, 6.45) is 0.0562. The minimum Gasteiger partial charge on any atom is -0.548 e. The van der Waals surface area contributed by atoms with E-state index in [-0.39, 0.29) is 25.2 Å². The average molecular weight is 197 g/mol. The molecule has 72 valence electrons. The summed E-state index contributed by atoms with van der Waals surface area (Å²) in [6.45, 7) is 0. The minimum absolute atomic E-state index is 0. The SMILES string of the molecule is COC(=O)CCC(N)C(=O)[O-].Cl. The first-order chi connectivity index (χ1) is 5.07. The van der Waals surface area contributed by atoms with Crippen molar-refractivity contribution in [3.63, 3.8) is 0 Å². The van der Waals surface area contributed by atoms with Crippen molar-refractivity contribution in [2.24, 2.45) is 5.73 Å². The number of hydrogen-bond acceptors (Lipinski definition) is 5. The number of nitrogens with two attached hydrogens (primary N) is 1. The maximum Gasteiger partial charge on any atom is 0.305 e. The molecule has 0 rings (SSSR count). The van der Waals surface area contributed by atoms with Crippen LogP contribution in [0.15, 0.2) is 0 Å². The van der Waals surface area contributed by atoms with E-state index in [1.807, 2.05) is 0 Å². The summed E-state index contributed by atoms with van der Waals surface area (Å²) in [7, 11) is 1.23. The van der Waals surface area contributed by atoms with Gasteiger partial charge < -0.3 is 20.4 Å². The summed E-state index contributed by atoms with van der Waals surface area (Å²) in [5.41, 5.74) is 5.05. The number of carbonyl (C=O) groups excluding carboxylic acids is 2. The molecule has 0 aliphatic heterocycles. The molecule has 0 aromatic heterocycles. The van der Waals surface area contributed by atoms with Gasteiger partial charge in [0.2, 0.25) is 0 Å². The first-order valence-corrected chi connectivity index (χ1v) is 3.11. The predicted molar refractivity (Wildman–Crippen MR) is 41.5 cm³/mol. The molecule has 5 nitrogen and oxygen atoms in total. The highest BCUT2D eigenvalue weighted by molar-refractivity contribution is 5.85. The fourth-order valence-corrected chi connectivity index (χ4v) is 0.493. The summed E-state index contributed by atoms with van der Waals surface area (Å²) in [6, 6.07) is -1.09. The molecular formula is C6H11ClNO4-. The molecule has 12 heavy (non-hydrogen) atoms. The average Bonchev–Trinajstić information content (AvgIpc) is 1.99. The third-order valence-electron chi connectivity index (χ3n) is 1.19. The van der Waals surface area contributed by atoms with Gasteiger partial charge in [-0.25, -0.2) is 0 Å². The number of carboxylic acid groups (broad SMARTS) is 1. The topological polar surface area (TPSA) is 92.5 Å². The van der Waals surface area contributed by atoms with Crippen molar-refractivity contribution in [3.8, 4) is 0 Å². The number of carboxylic acids is 1. The number of rotatable bonds is 4. The Morgan fingerprint density at radius 3 is 2.42 bits per heavy atom. The van der Waals surface area contributed by atoms with Gasteiger partial charge in [-0.15, -0.1) is 12.4 Å². The maximum atomic E-state index is 10.4. The molecule has 0 fully saturated rings. The Morgan fingerprint density at radius 1 is 1.58 bits per heavy atom. The normalized spacial score (nSPS) is 11.2. The zero-order valence-corrected chi connectivity index (χ0v) is 7.43. The van der Waals surface area contributed by atoms with Gasteiger partial charge in [0.05, 0.1) is 13.1 Å². The molecule has 0 aliphatic carbocycles. The summed E-state index contributed by atoms with van der Waals surface area (Å²) in [5.74, 6) is -1.82. The Kier molecular flexibility index (Phi) is 7.88. The number of ether oxygens (including phenoxy) is 1. The fourth-order valence-electron chi connectivity index (χ4n) is 0.493. The summed E-state index contributed by atoms with van der Waals surface area (Å²) >= 11 is 0. The van der Waals surface area contributed by atoms with Crippen molar-refractivity contribution >= 4 is 24.3 Å². The quantitative estimate of drug-likeness (QED) is 0.549. The number of aliphatic carboxylic acids is 1. The highest BCUT2D eigenvalue weighted by Gasteiger charge is 2.06. The van der Waals surface area contributed by atoms with E-state index in [1.54, 1.807) is 0 Å². The number of hydrogen-bond donors (Lipinski definition) is 1. The summed E-state index contributed by atoms with van der Waals surface area (Å²) < 4.78 is 4.27. The molecule has 0 amide bonds. The Labute approximate surface area is 76.3 Å². The van der Waals surface area contributed by atoms with Crippen molar-refractivity contribution in [3.05, 3.63) is 0 Å². The highest BCUT2D eigenvalue weighted by Crippen LogP contribution is 1.94. The van der Waals surface area contributed by atoms with Crippen LogP contribution in [-0.4, -0.2) is 25.1 Å². The molecule has 0 aromatic carbocycles. The highest BCUT2D eigenvalue weighted by atomic mass is 35.5. The first-order valence-electron chi connectivity index (χ1n) is 3.11. The molecule has 0 heterocycles. The zero-order chi connectivity index (χ0) is 8.85. The van der Waals surface area contributed by atoms with Crippen LogP contribution >= 0.6 is 12.4 Å². The van der Waals surface area contributed by atoms with Crippen LogP contribution in [-0.2, 0) is 14.3 Å². The largest absolute Gasteiger partial charge is 0.548 e. The van der Waals surface area contributed by atoms with E-state index in [1.165, 1.54) is 7.11 Å². The Hall–Kier alpha value is -0.810. The number of esters is 1. The molecule has 0 bridgehead atoms. The lowest BCUT2D eigenvalue weighted by atomic mass is 10.2. The van der Waals surface area contributed by atoms with Gasteiger partial charge in [0.15, 0.2) is 0 Å². The third-order valence-corrected chi connectivity index (χ3v) is 1.19. The monoisotopic (exact) mass is 196 g/mol. The number of methoxy groups -OCH3 is 1. The molecule has 0 aromatic rings. The molecule has 6 heteroatoms. The molecule has 2 N–H and O–H groups in total. The van der Waals surface area contributed by atoms with Gasteiger partial charge >= 0.3 is 5.97 Å². The van der Waals surface area contributed by atoms with Gasteiger partial charge in [0.1, 0.15) is 0 Å². The van der Waals surface area contributed by atoms with Crippen LogP contribution in [0.5, 0.6) is 0 Å². The summed E-state index contributed by atoms with van der Waals surface area (Å²) in [4.78, 5) is 20.5. The van der Waals surface area contributed by atoms with E-state index >= 15 is 0 Å². The predicted octanol–water partition coefficient (Wildman–Crippen LogP) is -1.56. The van der Waals surface area contributed by atoms with Crippen LogP contribution in [0.25, 0.3) is 0 Å². The second-order valence-corrected chi connectivity index (χ2v) is 2.04. The molecule has 1 atom stereocenters. The van der Waals surface area contributed by atoms with Gasteiger partial charge in [-0.05, 0) is 6.42 Å². The third kappa shape index (κ3) is 5.94. The number of carbonyl (C=O) groups is 2. The zero-order valence-electron chi connectivity index (χ0n) is 6.61. The van der Waals surface area contributed by atoms with Crippen LogP contribution in [0, 0.1) is 0 Å². The van der Waals surface area contributed by atoms with Crippen LogP contribution < -0.4 is 10.8 Å². The second kappa shape index (κ2) is 6.87. The van der Waals surface area contributed by atoms with Crippen LogP contribution in [0.3, 0.4) is 0 Å². The van der Waals surface area contributed by atoms with Crippen molar-refractivity contribution in [1.29, 1.82) is 0 Å². The molecule has 0 spiro atoms. The molecule has 1 unspecified atom stereocenters. The second-order valence-electron chi connectivity index (χ2n) is 2.04.